The Balaban J connectivity index is 2.16. The second kappa shape index (κ2) is 4.68. The minimum Gasteiger partial charge on any atom is -0.295 e. The first kappa shape index (κ1) is 12.7. The molecular formula is C12H9ClN4O3. The molecule has 1 aliphatic rings. The van der Waals surface area contributed by atoms with Crippen LogP contribution in [0.2, 0.25) is 5.02 Å². The van der Waals surface area contributed by atoms with Gasteiger partial charge in [0.1, 0.15) is 11.6 Å². The van der Waals surface area contributed by atoms with E-state index in [-0.39, 0.29) is 29.2 Å². The summed E-state index contributed by atoms with van der Waals surface area (Å²) in [6, 6.07) is 4.01. The number of carbonyl (C=O) groups is 2. The molecule has 20 heavy (non-hydrogen) atoms. The highest BCUT2D eigenvalue weighted by molar-refractivity contribution is 6.35. The summed E-state index contributed by atoms with van der Waals surface area (Å²) >= 11 is 6.00. The SMILES string of the molecule is O=C1CCC(n2nnc3cccc(Cl)c3c2=O)C(=O)N1. The van der Waals surface area contributed by atoms with E-state index >= 15 is 0 Å². The van der Waals surface area contributed by atoms with Crippen molar-refractivity contribution < 1.29 is 9.59 Å². The van der Waals surface area contributed by atoms with E-state index in [1.165, 1.54) is 0 Å². The van der Waals surface area contributed by atoms with Crippen molar-refractivity contribution in [3.05, 3.63) is 33.6 Å². The molecule has 1 aromatic heterocycles. The Hall–Kier alpha value is -2.28. The second-order valence-electron chi connectivity index (χ2n) is 4.44. The highest BCUT2D eigenvalue weighted by atomic mass is 35.5. The highest BCUT2D eigenvalue weighted by Gasteiger charge is 2.30. The van der Waals surface area contributed by atoms with Gasteiger partial charge < -0.3 is 0 Å². The molecule has 2 heterocycles. The van der Waals surface area contributed by atoms with Gasteiger partial charge >= 0.3 is 0 Å². The first-order chi connectivity index (χ1) is 9.58. The summed E-state index contributed by atoms with van der Waals surface area (Å²) in [5, 5.41) is 10.3. The van der Waals surface area contributed by atoms with Gasteiger partial charge in [-0.1, -0.05) is 22.9 Å². The molecular weight excluding hydrogens is 284 g/mol. The molecule has 7 nitrogen and oxygen atoms in total. The van der Waals surface area contributed by atoms with Gasteiger partial charge in [0.15, 0.2) is 0 Å². The number of amides is 2. The molecule has 1 N–H and O–H groups in total. The second-order valence-corrected chi connectivity index (χ2v) is 4.85. The first-order valence-electron chi connectivity index (χ1n) is 5.95. The molecule has 0 saturated carbocycles. The Morgan fingerprint density at radius 2 is 2.10 bits per heavy atom. The number of nitrogens with one attached hydrogen (secondary N) is 1. The lowest BCUT2D eigenvalue weighted by molar-refractivity contribution is -0.136. The highest BCUT2D eigenvalue weighted by Crippen LogP contribution is 2.20. The maximum absolute atomic E-state index is 12.4. The average Bonchev–Trinajstić information content (AvgIpc) is 2.40. The van der Waals surface area contributed by atoms with Crippen LogP contribution >= 0.6 is 11.6 Å². The molecule has 0 radical (unpaired) electrons. The van der Waals surface area contributed by atoms with Crippen LogP contribution in [0, 0.1) is 0 Å². The molecule has 3 rings (SSSR count). The maximum Gasteiger partial charge on any atom is 0.279 e. The van der Waals surface area contributed by atoms with E-state index in [0.717, 1.165) is 4.68 Å². The van der Waals surface area contributed by atoms with Crippen LogP contribution in [0.1, 0.15) is 18.9 Å². The van der Waals surface area contributed by atoms with Crippen LogP contribution in [-0.4, -0.2) is 26.8 Å². The quantitative estimate of drug-likeness (QED) is 0.769. The van der Waals surface area contributed by atoms with Gasteiger partial charge in [-0.3, -0.25) is 19.7 Å². The molecule has 2 aromatic rings. The number of hydrogen-bond donors (Lipinski definition) is 1. The minimum atomic E-state index is -0.839. The van der Waals surface area contributed by atoms with Gasteiger partial charge in [-0.25, -0.2) is 0 Å². The smallest absolute Gasteiger partial charge is 0.279 e. The van der Waals surface area contributed by atoms with Gasteiger partial charge in [0, 0.05) is 6.42 Å². The van der Waals surface area contributed by atoms with Crippen molar-refractivity contribution in [1.82, 2.24) is 20.3 Å². The predicted octanol–water partition coefficient (Wildman–Crippen LogP) is 0.423. The van der Waals surface area contributed by atoms with Crippen LogP contribution in [0.4, 0.5) is 0 Å². The Morgan fingerprint density at radius 1 is 1.30 bits per heavy atom. The Morgan fingerprint density at radius 3 is 2.85 bits per heavy atom. The molecule has 1 aliphatic heterocycles. The molecule has 1 atom stereocenters. The Bertz CT molecular complexity index is 786. The molecule has 1 fully saturated rings. The average molecular weight is 293 g/mol. The normalized spacial score (nSPS) is 19.1. The van der Waals surface area contributed by atoms with E-state index in [1.807, 2.05) is 0 Å². The fourth-order valence-corrected chi connectivity index (χ4v) is 2.43. The number of nitrogens with zero attached hydrogens (tertiary/aromatic N) is 3. The number of fused-ring (bicyclic) bond motifs is 1. The number of imide groups is 1. The molecule has 0 spiro atoms. The zero-order valence-corrected chi connectivity index (χ0v) is 10.9. The zero-order chi connectivity index (χ0) is 14.3. The van der Waals surface area contributed by atoms with E-state index in [4.69, 9.17) is 11.6 Å². The lowest BCUT2D eigenvalue weighted by atomic mass is 10.1. The zero-order valence-electron chi connectivity index (χ0n) is 10.2. The molecule has 102 valence electrons. The van der Waals surface area contributed by atoms with Crippen LogP contribution in [0.3, 0.4) is 0 Å². The van der Waals surface area contributed by atoms with Crippen LogP contribution in [0.25, 0.3) is 10.9 Å². The van der Waals surface area contributed by atoms with Crippen molar-refractivity contribution in [2.24, 2.45) is 0 Å². The van der Waals surface area contributed by atoms with E-state index in [1.54, 1.807) is 18.2 Å². The van der Waals surface area contributed by atoms with Gasteiger partial charge in [0.25, 0.3) is 11.5 Å². The fourth-order valence-electron chi connectivity index (χ4n) is 2.18. The van der Waals surface area contributed by atoms with Gasteiger partial charge in [0.05, 0.1) is 10.4 Å². The van der Waals surface area contributed by atoms with E-state index in [9.17, 15) is 14.4 Å². The van der Waals surface area contributed by atoms with Crippen molar-refractivity contribution in [2.75, 3.05) is 0 Å². The topological polar surface area (TPSA) is 93.9 Å². The molecule has 1 aromatic carbocycles. The number of hydrogen-bond acceptors (Lipinski definition) is 5. The van der Waals surface area contributed by atoms with E-state index < -0.39 is 17.5 Å². The molecule has 2 amide bonds. The first-order valence-corrected chi connectivity index (χ1v) is 6.33. The summed E-state index contributed by atoms with van der Waals surface area (Å²) < 4.78 is 0.982. The van der Waals surface area contributed by atoms with E-state index in [2.05, 4.69) is 15.6 Å². The van der Waals surface area contributed by atoms with Crippen LogP contribution in [0.15, 0.2) is 23.0 Å². The van der Waals surface area contributed by atoms with E-state index in [0.29, 0.717) is 5.52 Å². The monoisotopic (exact) mass is 292 g/mol. The summed E-state index contributed by atoms with van der Waals surface area (Å²) in [6.07, 6.45) is 0.375. The molecule has 8 heteroatoms. The van der Waals surface area contributed by atoms with Crippen molar-refractivity contribution in [1.29, 1.82) is 0 Å². The van der Waals surface area contributed by atoms with Crippen LogP contribution < -0.4 is 10.9 Å². The summed E-state index contributed by atoms with van der Waals surface area (Å²) in [4.78, 5) is 35.3. The van der Waals surface area contributed by atoms with Crippen molar-refractivity contribution in [2.45, 2.75) is 18.9 Å². The summed E-state index contributed by atoms with van der Waals surface area (Å²) in [7, 11) is 0. The van der Waals surface area contributed by atoms with Crippen molar-refractivity contribution in [3.63, 3.8) is 0 Å². The summed E-state index contributed by atoms with van der Waals surface area (Å²) in [6.45, 7) is 0. The molecule has 1 saturated heterocycles. The van der Waals surface area contributed by atoms with Gasteiger partial charge in [0.2, 0.25) is 5.91 Å². The lowest BCUT2D eigenvalue weighted by Crippen LogP contribution is -2.45. The molecule has 0 aliphatic carbocycles. The Labute approximate surface area is 117 Å². The van der Waals surface area contributed by atoms with Gasteiger partial charge in [-0.05, 0) is 18.6 Å². The maximum atomic E-state index is 12.4. The largest absolute Gasteiger partial charge is 0.295 e. The lowest BCUT2D eigenvalue weighted by Gasteiger charge is -2.21. The summed E-state index contributed by atoms with van der Waals surface area (Å²) in [5.41, 5.74) is -0.124. The van der Waals surface area contributed by atoms with Crippen molar-refractivity contribution in [3.8, 4) is 0 Å². The van der Waals surface area contributed by atoms with Gasteiger partial charge in [-0.15, -0.1) is 5.10 Å². The number of carbonyl (C=O) groups excluding carboxylic acids is 2. The third-order valence-electron chi connectivity index (χ3n) is 3.17. The number of rotatable bonds is 1. The van der Waals surface area contributed by atoms with Crippen LogP contribution in [0.5, 0.6) is 0 Å². The molecule has 1 unspecified atom stereocenters. The Kier molecular flexibility index (Phi) is 2.98. The van der Waals surface area contributed by atoms with Crippen molar-refractivity contribution >= 4 is 34.3 Å². The number of halogens is 1. The third kappa shape index (κ3) is 1.96. The predicted molar refractivity (Wildman–Crippen MR) is 70.2 cm³/mol. The van der Waals surface area contributed by atoms with Crippen LogP contribution in [-0.2, 0) is 9.59 Å². The van der Waals surface area contributed by atoms with Gasteiger partial charge in [-0.2, -0.15) is 4.68 Å². The standard InChI is InChI=1S/C12H9ClN4O3/c13-6-2-1-3-7-10(6)12(20)17(16-15-7)8-4-5-9(18)14-11(8)19/h1-3,8H,4-5H2,(H,14,18,19). The third-order valence-corrected chi connectivity index (χ3v) is 3.48. The number of aromatic nitrogens is 3. The number of piperidine rings is 1. The number of benzene rings is 1. The fraction of sp³-hybridized carbons (Fsp3) is 0.250. The minimum absolute atomic E-state index is 0.158. The molecule has 0 bridgehead atoms. The summed E-state index contributed by atoms with van der Waals surface area (Å²) in [5.74, 6) is -0.907.